The minimum Gasteiger partial charge on any atom is -0.466 e. The number of hydrogen-bond acceptors (Lipinski definition) is 6. The van der Waals surface area contributed by atoms with Crippen molar-refractivity contribution in [1.82, 2.24) is 15.1 Å². The molecule has 1 N–H and O–H groups in total. The quantitative estimate of drug-likeness (QED) is 0.571. The Morgan fingerprint density at radius 1 is 0.853 bits per heavy atom. The molecule has 34 heavy (non-hydrogen) atoms. The Balaban J connectivity index is 2.02. The van der Waals surface area contributed by atoms with Gasteiger partial charge in [0.15, 0.2) is 0 Å². The van der Waals surface area contributed by atoms with Crippen LogP contribution in [0.25, 0.3) is 16.9 Å². The number of benzene rings is 2. The van der Waals surface area contributed by atoms with Crippen molar-refractivity contribution in [2.24, 2.45) is 0 Å². The van der Waals surface area contributed by atoms with Crippen LogP contribution in [0.2, 0.25) is 0 Å². The molecule has 0 aliphatic carbocycles. The van der Waals surface area contributed by atoms with Gasteiger partial charge in [-0.2, -0.15) is 5.10 Å². The lowest BCUT2D eigenvalue weighted by Gasteiger charge is -2.29. The van der Waals surface area contributed by atoms with Gasteiger partial charge in [0.1, 0.15) is 0 Å². The molecule has 0 bridgehead atoms. The molecule has 0 amide bonds. The number of allylic oxidation sites excluding steroid dienone is 2. The van der Waals surface area contributed by atoms with Crippen molar-refractivity contribution in [3.63, 3.8) is 0 Å². The number of aromatic nitrogens is 2. The minimum atomic E-state index is -0.727. The van der Waals surface area contributed by atoms with E-state index in [-0.39, 0.29) is 0 Å². The third-order valence-electron chi connectivity index (χ3n) is 5.97. The summed E-state index contributed by atoms with van der Waals surface area (Å²) >= 11 is 0. The zero-order valence-electron chi connectivity index (χ0n) is 19.9. The van der Waals surface area contributed by atoms with Crippen molar-refractivity contribution in [3.05, 3.63) is 94.5 Å². The monoisotopic (exact) mass is 457 g/mol. The average Bonchev–Trinajstić information content (AvgIpc) is 3.29. The second kappa shape index (κ2) is 9.39. The van der Waals surface area contributed by atoms with Gasteiger partial charge in [-0.05, 0) is 32.9 Å². The predicted octanol–water partition coefficient (Wildman–Crippen LogP) is 4.43. The number of nitrogens with one attached hydrogen (secondary N) is 1. The molecule has 1 aliphatic heterocycles. The van der Waals surface area contributed by atoms with Crippen molar-refractivity contribution in [3.8, 4) is 16.9 Å². The third kappa shape index (κ3) is 4.12. The lowest BCUT2D eigenvalue weighted by Crippen LogP contribution is -2.32. The van der Waals surface area contributed by atoms with Gasteiger partial charge in [0.2, 0.25) is 0 Å². The average molecular weight is 458 g/mol. The van der Waals surface area contributed by atoms with E-state index in [0.717, 1.165) is 16.8 Å². The number of ether oxygens (including phenoxy) is 2. The van der Waals surface area contributed by atoms with Crippen molar-refractivity contribution < 1.29 is 19.1 Å². The molecule has 7 heteroatoms. The summed E-state index contributed by atoms with van der Waals surface area (Å²) in [5.41, 5.74) is 6.13. The van der Waals surface area contributed by atoms with Crippen LogP contribution in [0.1, 0.15) is 30.9 Å². The summed E-state index contributed by atoms with van der Waals surface area (Å²) in [6.45, 7) is 5.61. The van der Waals surface area contributed by atoms with Gasteiger partial charge < -0.3 is 14.8 Å². The molecule has 2 aromatic carbocycles. The molecule has 0 saturated carbocycles. The smallest absolute Gasteiger partial charge is 0.336 e. The fourth-order valence-electron chi connectivity index (χ4n) is 4.31. The standard InChI is InChI=1S/C27H27N3O4/c1-16-11-13-19(14-12-16)25-21(15-30(29-25)20-9-7-6-8-10-20)24-22(26(31)33-4)17(2)28-18(3)23(24)27(32)34-5/h6-15,24,28H,1-5H3. The Morgan fingerprint density at radius 3 is 1.94 bits per heavy atom. The second-order valence-electron chi connectivity index (χ2n) is 8.20. The zero-order chi connectivity index (χ0) is 24.4. The molecule has 174 valence electrons. The summed E-state index contributed by atoms with van der Waals surface area (Å²) in [5, 5.41) is 8.04. The number of para-hydroxylation sites is 1. The van der Waals surface area contributed by atoms with Crippen LogP contribution in [0.15, 0.2) is 83.3 Å². The SMILES string of the molecule is COC(=O)C1=C(C)NC(C)=C(C(=O)OC)C1c1cn(-c2ccccc2)nc1-c1ccc(C)cc1. The number of rotatable bonds is 5. The van der Waals surface area contributed by atoms with Crippen molar-refractivity contribution in [2.45, 2.75) is 26.7 Å². The summed E-state index contributed by atoms with van der Waals surface area (Å²) in [5.74, 6) is -1.77. The molecular formula is C27H27N3O4. The van der Waals surface area contributed by atoms with Crippen LogP contribution >= 0.6 is 0 Å². The van der Waals surface area contributed by atoms with Gasteiger partial charge >= 0.3 is 11.9 Å². The van der Waals surface area contributed by atoms with Crippen molar-refractivity contribution in [2.75, 3.05) is 14.2 Å². The molecule has 0 fully saturated rings. The van der Waals surface area contributed by atoms with Crippen LogP contribution in [0.4, 0.5) is 0 Å². The van der Waals surface area contributed by atoms with Gasteiger partial charge in [-0.1, -0.05) is 48.0 Å². The predicted molar refractivity (Wildman–Crippen MR) is 129 cm³/mol. The number of dihydropyridines is 1. The highest BCUT2D eigenvalue weighted by molar-refractivity contribution is 6.00. The van der Waals surface area contributed by atoms with Crippen molar-refractivity contribution >= 4 is 11.9 Å². The van der Waals surface area contributed by atoms with Gasteiger partial charge in [-0.15, -0.1) is 0 Å². The Labute approximate surface area is 198 Å². The van der Waals surface area contributed by atoms with Crippen LogP contribution in [0.3, 0.4) is 0 Å². The van der Waals surface area contributed by atoms with E-state index in [2.05, 4.69) is 5.32 Å². The maximum absolute atomic E-state index is 13.0. The van der Waals surface area contributed by atoms with Crippen LogP contribution in [-0.2, 0) is 19.1 Å². The van der Waals surface area contributed by atoms with Gasteiger partial charge in [-0.25, -0.2) is 14.3 Å². The lowest BCUT2D eigenvalue weighted by molar-refractivity contribution is -0.137. The summed E-state index contributed by atoms with van der Waals surface area (Å²) < 4.78 is 12.0. The summed E-state index contributed by atoms with van der Waals surface area (Å²) in [6, 6.07) is 17.7. The van der Waals surface area contributed by atoms with Crippen LogP contribution in [0.5, 0.6) is 0 Å². The van der Waals surface area contributed by atoms with E-state index in [1.54, 1.807) is 18.5 Å². The number of carbonyl (C=O) groups excluding carboxylic acids is 2. The summed E-state index contributed by atoms with van der Waals surface area (Å²) in [4.78, 5) is 25.9. The number of methoxy groups -OCH3 is 2. The molecule has 4 rings (SSSR count). The number of carbonyl (C=O) groups is 2. The van der Waals surface area contributed by atoms with Gasteiger partial charge in [-0.3, -0.25) is 0 Å². The van der Waals surface area contributed by atoms with E-state index in [9.17, 15) is 9.59 Å². The van der Waals surface area contributed by atoms with Crippen LogP contribution < -0.4 is 5.32 Å². The second-order valence-corrected chi connectivity index (χ2v) is 8.20. The molecule has 2 heterocycles. The minimum absolute atomic E-state index is 0.342. The van der Waals surface area contributed by atoms with E-state index in [4.69, 9.17) is 14.6 Å². The van der Waals surface area contributed by atoms with Gasteiger partial charge in [0, 0.05) is 28.7 Å². The molecule has 1 aliphatic rings. The highest BCUT2D eigenvalue weighted by Gasteiger charge is 2.40. The molecular weight excluding hydrogens is 430 g/mol. The van der Waals surface area contributed by atoms with E-state index in [1.807, 2.05) is 67.7 Å². The first kappa shape index (κ1) is 23.0. The Bertz CT molecular complexity index is 1260. The summed E-state index contributed by atoms with van der Waals surface area (Å²) in [6.07, 6.45) is 1.87. The molecule has 0 spiro atoms. The van der Waals surface area contributed by atoms with E-state index >= 15 is 0 Å². The first-order valence-corrected chi connectivity index (χ1v) is 10.9. The maximum atomic E-state index is 13.0. The van der Waals surface area contributed by atoms with Gasteiger partial charge in [0.05, 0.1) is 42.7 Å². The van der Waals surface area contributed by atoms with E-state index < -0.39 is 17.9 Å². The van der Waals surface area contributed by atoms with E-state index in [1.165, 1.54) is 14.2 Å². The Kier molecular flexibility index (Phi) is 6.36. The third-order valence-corrected chi connectivity index (χ3v) is 5.97. The highest BCUT2D eigenvalue weighted by atomic mass is 16.5. The molecule has 1 aromatic heterocycles. The Morgan fingerprint density at radius 2 is 1.41 bits per heavy atom. The topological polar surface area (TPSA) is 82.5 Å². The number of nitrogens with zero attached hydrogens (tertiary/aromatic N) is 2. The molecule has 0 radical (unpaired) electrons. The largest absolute Gasteiger partial charge is 0.466 e. The normalized spacial score (nSPS) is 14.1. The zero-order valence-corrected chi connectivity index (χ0v) is 19.9. The first-order chi connectivity index (χ1) is 16.3. The van der Waals surface area contributed by atoms with Crippen LogP contribution in [0, 0.1) is 6.92 Å². The molecule has 7 nitrogen and oxygen atoms in total. The first-order valence-electron chi connectivity index (χ1n) is 10.9. The fourth-order valence-corrected chi connectivity index (χ4v) is 4.31. The lowest BCUT2D eigenvalue weighted by atomic mass is 9.79. The molecule has 0 saturated heterocycles. The van der Waals surface area contributed by atoms with Crippen molar-refractivity contribution in [1.29, 1.82) is 0 Å². The molecule has 0 unspecified atom stereocenters. The fraction of sp³-hybridized carbons (Fsp3) is 0.222. The maximum Gasteiger partial charge on any atom is 0.336 e. The summed E-state index contributed by atoms with van der Waals surface area (Å²) in [7, 11) is 2.66. The highest BCUT2D eigenvalue weighted by Crippen LogP contribution is 2.43. The molecule has 3 aromatic rings. The molecule has 0 atom stereocenters. The number of hydrogen-bond donors (Lipinski definition) is 1. The van der Waals surface area contributed by atoms with Gasteiger partial charge in [0.25, 0.3) is 0 Å². The Hall–Kier alpha value is -4.13. The number of aryl methyl sites for hydroxylation is 1. The van der Waals surface area contributed by atoms with Crippen LogP contribution in [-0.4, -0.2) is 35.9 Å². The van der Waals surface area contributed by atoms with E-state index in [0.29, 0.717) is 33.8 Å². The number of esters is 2.